The summed E-state index contributed by atoms with van der Waals surface area (Å²) in [4.78, 5) is 3.93. The van der Waals surface area contributed by atoms with E-state index >= 15 is 0 Å². The van der Waals surface area contributed by atoms with Crippen molar-refractivity contribution in [2.75, 3.05) is 5.73 Å². The minimum atomic E-state index is -0.471. The Morgan fingerprint density at radius 3 is 2.53 bits per heavy atom. The average molecular weight is 252 g/mol. The lowest BCUT2D eigenvalue weighted by molar-refractivity contribution is 0.626. The minimum Gasteiger partial charge on any atom is -0.383 e. The van der Waals surface area contributed by atoms with E-state index in [4.69, 9.17) is 23.1 Å². The highest BCUT2D eigenvalue weighted by molar-refractivity contribution is 6.30. The van der Waals surface area contributed by atoms with Crippen molar-refractivity contribution in [3.05, 3.63) is 58.5 Å². The molecule has 4 N–H and O–H groups in total. The molecule has 88 valence electrons. The Kier molecular flexibility index (Phi) is 3.26. The summed E-state index contributed by atoms with van der Waals surface area (Å²) in [6.07, 6.45) is 1.46. The molecular formula is C12H11ClFN3. The zero-order valence-electron chi connectivity index (χ0n) is 8.90. The van der Waals surface area contributed by atoms with Gasteiger partial charge >= 0.3 is 0 Å². The van der Waals surface area contributed by atoms with Crippen LogP contribution in [0.3, 0.4) is 0 Å². The van der Waals surface area contributed by atoms with Gasteiger partial charge in [-0.3, -0.25) is 0 Å². The first-order chi connectivity index (χ1) is 8.08. The number of hydrogen-bond acceptors (Lipinski definition) is 3. The highest BCUT2D eigenvalue weighted by Gasteiger charge is 2.13. The van der Waals surface area contributed by atoms with Gasteiger partial charge in [0.1, 0.15) is 11.6 Å². The van der Waals surface area contributed by atoms with Gasteiger partial charge in [-0.2, -0.15) is 0 Å². The molecule has 0 aliphatic heterocycles. The summed E-state index contributed by atoms with van der Waals surface area (Å²) in [6, 6.07) is 7.12. The molecule has 1 heterocycles. The first kappa shape index (κ1) is 11.8. The Labute approximate surface area is 103 Å². The fraction of sp³-hybridized carbons (Fsp3) is 0.0833. The third-order valence-electron chi connectivity index (χ3n) is 2.48. The molecule has 5 heteroatoms. The molecule has 1 unspecified atom stereocenters. The van der Waals surface area contributed by atoms with E-state index in [1.807, 2.05) is 0 Å². The second-order valence-electron chi connectivity index (χ2n) is 3.66. The largest absolute Gasteiger partial charge is 0.383 e. The second-order valence-corrected chi connectivity index (χ2v) is 4.09. The molecule has 0 aliphatic rings. The quantitative estimate of drug-likeness (QED) is 0.862. The summed E-state index contributed by atoms with van der Waals surface area (Å²) in [5.74, 6) is 0.0179. The van der Waals surface area contributed by atoms with E-state index in [2.05, 4.69) is 4.98 Å². The Morgan fingerprint density at radius 1 is 1.24 bits per heavy atom. The number of hydrogen-bond donors (Lipinski definition) is 2. The SMILES string of the molecule is Nc1ncc(Cl)cc1C(N)c1ccc(F)cc1. The number of nitrogens with two attached hydrogens (primary N) is 2. The van der Waals surface area contributed by atoms with Crippen LogP contribution in [0.15, 0.2) is 36.5 Å². The summed E-state index contributed by atoms with van der Waals surface area (Å²) in [7, 11) is 0. The van der Waals surface area contributed by atoms with Gasteiger partial charge in [-0.15, -0.1) is 0 Å². The number of pyridine rings is 1. The Balaban J connectivity index is 2.39. The van der Waals surface area contributed by atoms with Crippen LogP contribution in [-0.4, -0.2) is 4.98 Å². The average Bonchev–Trinajstić information content (AvgIpc) is 2.32. The van der Waals surface area contributed by atoms with Gasteiger partial charge in [0.05, 0.1) is 11.1 Å². The summed E-state index contributed by atoms with van der Waals surface area (Å²) >= 11 is 5.84. The summed E-state index contributed by atoms with van der Waals surface area (Å²) in [5, 5.41) is 0.465. The predicted molar refractivity (Wildman–Crippen MR) is 66.1 cm³/mol. The third kappa shape index (κ3) is 2.54. The number of rotatable bonds is 2. The smallest absolute Gasteiger partial charge is 0.128 e. The first-order valence-electron chi connectivity index (χ1n) is 5.00. The van der Waals surface area contributed by atoms with Crippen LogP contribution in [0.1, 0.15) is 17.2 Å². The lowest BCUT2D eigenvalue weighted by Gasteiger charge is -2.14. The zero-order chi connectivity index (χ0) is 12.4. The van der Waals surface area contributed by atoms with Crippen LogP contribution in [0, 0.1) is 5.82 Å². The molecule has 0 saturated carbocycles. The monoisotopic (exact) mass is 251 g/mol. The molecule has 0 aliphatic carbocycles. The molecule has 2 rings (SSSR count). The topological polar surface area (TPSA) is 64.9 Å². The van der Waals surface area contributed by atoms with E-state index < -0.39 is 6.04 Å². The fourth-order valence-electron chi connectivity index (χ4n) is 1.56. The van der Waals surface area contributed by atoms with Crippen LogP contribution in [0.2, 0.25) is 5.02 Å². The van der Waals surface area contributed by atoms with E-state index in [-0.39, 0.29) is 5.82 Å². The minimum absolute atomic E-state index is 0.307. The molecule has 1 atom stereocenters. The Hall–Kier alpha value is -1.65. The summed E-state index contributed by atoms with van der Waals surface area (Å²) in [5.41, 5.74) is 13.1. The molecule has 0 radical (unpaired) electrons. The summed E-state index contributed by atoms with van der Waals surface area (Å²) in [6.45, 7) is 0. The van der Waals surface area contributed by atoms with Crippen molar-refractivity contribution in [3.63, 3.8) is 0 Å². The Bertz CT molecular complexity index is 528. The number of anilines is 1. The van der Waals surface area contributed by atoms with Crippen LogP contribution in [-0.2, 0) is 0 Å². The number of nitrogen functional groups attached to an aromatic ring is 1. The Morgan fingerprint density at radius 2 is 1.88 bits per heavy atom. The van der Waals surface area contributed by atoms with Crippen molar-refractivity contribution in [2.24, 2.45) is 5.73 Å². The standard InChI is InChI=1S/C12H11ClFN3/c13-8-5-10(12(16)17-6-8)11(15)7-1-3-9(14)4-2-7/h1-6,11H,15H2,(H2,16,17). The lowest BCUT2D eigenvalue weighted by Crippen LogP contribution is -2.14. The van der Waals surface area contributed by atoms with Crippen molar-refractivity contribution in [2.45, 2.75) is 6.04 Å². The first-order valence-corrected chi connectivity index (χ1v) is 5.37. The fourth-order valence-corrected chi connectivity index (χ4v) is 1.73. The van der Waals surface area contributed by atoms with Crippen LogP contribution in [0.5, 0.6) is 0 Å². The van der Waals surface area contributed by atoms with Crippen LogP contribution in [0.25, 0.3) is 0 Å². The van der Waals surface area contributed by atoms with Crippen molar-refractivity contribution in [3.8, 4) is 0 Å². The lowest BCUT2D eigenvalue weighted by atomic mass is 10.0. The molecule has 1 aromatic heterocycles. The van der Waals surface area contributed by atoms with E-state index in [1.165, 1.54) is 18.3 Å². The molecule has 0 saturated heterocycles. The van der Waals surface area contributed by atoms with Crippen LogP contribution in [0.4, 0.5) is 10.2 Å². The molecule has 2 aromatic rings. The molecule has 1 aromatic carbocycles. The molecule has 17 heavy (non-hydrogen) atoms. The molecule has 0 spiro atoms. The molecular weight excluding hydrogens is 241 g/mol. The van der Waals surface area contributed by atoms with Crippen LogP contribution >= 0.6 is 11.6 Å². The maximum atomic E-state index is 12.8. The number of nitrogens with zero attached hydrogens (tertiary/aromatic N) is 1. The van der Waals surface area contributed by atoms with Gasteiger partial charge in [0.25, 0.3) is 0 Å². The van der Waals surface area contributed by atoms with E-state index in [0.29, 0.717) is 16.4 Å². The molecule has 0 bridgehead atoms. The van der Waals surface area contributed by atoms with Gasteiger partial charge in [-0.1, -0.05) is 23.7 Å². The molecule has 0 amide bonds. The van der Waals surface area contributed by atoms with E-state index in [9.17, 15) is 4.39 Å². The number of benzene rings is 1. The van der Waals surface area contributed by atoms with Crippen molar-refractivity contribution in [1.29, 1.82) is 0 Å². The van der Waals surface area contributed by atoms with Gasteiger partial charge in [0.2, 0.25) is 0 Å². The predicted octanol–water partition coefficient (Wildman–Crippen LogP) is 2.50. The maximum Gasteiger partial charge on any atom is 0.128 e. The normalized spacial score (nSPS) is 12.4. The summed E-state index contributed by atoms with van der Waals surface area (Å²) < 4.78 is 12.8. The van der Waals surface area contributed by atoms with Gasteiger partial charge < -0.3 is 11.5 Å². The van der Waals surface area contributed by atoms with Crippen LogP contribution < -0.4 is 11.5 Å². The maximum absolute atomic E-state index is 12.8. The van der Waals surface area contributed by atoms with Gasteiger partial charge in [-0.05, 0) is 23.8 Å². The molecule has 0 fully saturated rings. The highest BCUT2D eigenvalue weighted by Crippen LogP contribution is 2.25. The van der Waals surface area contributed by atoms with Gasteiger partial charge in [0, 0.05) is 11.8 Å². The van der Waals surface area contributed by atoms with Crippen molar-refractivity contribution < 1.29 is 4.39 Å². The number of aromatic nitrogens is 1. The second kappa shape index (κ2) is 4.69. The number of halogens is 2. The van der Waals surface area contributed by atoms with Gasteiger partial charge in [0.15, 0.2) is 0 Å². The van der Waals surface area contributed by atoms with E-state index in [1.54, 1.807) is 18.2 Å². The zero-order valence-corrected chi connectivity index (χ0v) is 9.66. The van der Waals surface area contributed by atoms with E-state index in [0.717, 1.165) is 5.56 Å². The molecule has 3 nitrogen and oxygen atoms in total. The van der Waals surface area contributed by atoms with Crippen molar-refractivity contribution in [1.82, 2.24) is 4.98 Å². The third-order valence-corrected chi connectivity index (χ3v) is 2.69. The highest BCUT2D eigenvalue weighted by atomic mass is 35.5. The van der Waals surface area contributed by atoms with Gasteiger partial charge in [-0.25, -0.2) is 9.37 Å². The van der Waals surface area contributed by atoms with Crippen molar-refractivity contribution >= 4 is 17.4 Å².